The van der Waals surface area contributed by atoms with Gasteiger partial charge in [0.25, 0.3) is 0 Å². The summed E-state index contributed by atoms with van der Waals surface area (Å²) in [6, 6.07) is 5.21. The highest BCUT2D eigenvalue weighted by Gasteiger charge is 2.30. The van der Waals surface area contributed by atoms with E-state index in [-0.39, 0.29) is 5.75 Å². The van der Waals surface area contributed by atoms with Gasteiger partial charge in [0, 0.05) is 11.5 Å². The van der Waals surface area contributed by atoms with Crippen molar-refractivity contribution in [1.29, 1.82) is 0 Å². The molecule has 1 aliphatic carbocycles. The van der Waals surface area contributed by atoms with E-state index in [2.05, 4.69) is 15.3 Å². The zero-order valence-corrected chi connectivity index (χ0v) is 15.1. The molecule has 0 atom stereocenters. The topological polar surface area (TPSA) is 56.3 Å². The highest BCUT2D eigenvalue weighted by Crippen LogP contribution is 2.40. The molecule has 4 rings (SSSR count). The van der Waals surface area contributed by atoms with Crippen LogP contribution in [0.3, 0.4) is 0 Å². The summed E-state index contributed by atoms with van der Waals surface area (Å²) in [5.41, 5.74) is 2.89. The van der Waals surface area contributed by atoms with Gasteiger partial charge in [-0.25, -0.2) is 4.98 Å². The van der Waals surface area contributed by atoms with Crippen molar-refractivity contribution in [2.75, 3.05) is 25.1 Å². The van der Waals surface area contributed by atoms with Crippen molar-refractivity contribution >= 4 is 17.1 Å². The number of anilines is 2. The first-order valence-corrected chi connectivity index (χ1v) is 9.18. The minimum absolute atomic E-state index is 0.154. The van der Waals surface area contributed by atoms with Crippen LogP contribution in [-0.4, -0.2) is 36.0 Å². The molecule has 1 N–H and O–H groups in total. The Bertz CT molecular complexity index is 862. The molecule has 0 radical (unpaired) electrons. The second kappa shape index (κ2) is 7.79. The number of nitrogens with zero attached hydrogens (tertiary/aromatic N) is 2. The molecule has 8 heteroatoms. The standard InChI is InChI=1S/C20H20F3N3O2/c21-20(22,23)12-28-19-15(13-6-8-27-9-7-13)2-1-3-16(19)26-18-11-24-17(10-25-18)14-4-5-14/h1-3,6,10-11,14H,4-5,7-9,12H2,(H,25,26). The van der Waals surface area contributed by atoms with E-state index in [1.807, 2.05) is 6.08 Å². The molecule has 148 valence electrons. The van der Waals surface area contributed by atoms with Crippen LogP contribution in [0.25, 0.3) is 5.57 Å². The van der Waals surface area contributed by atoms with Crippen LogP contribution in [0.15, 0.2) is 36.7 Å². The van der Waals surface area contributed by atoms with Gasteiger partial charge < -0.3 is 14.8 Å². The number of ether oxygens (including phenoxy) is 2. The van der Waals surface area contributed by atoms with E-state index in [4.69, 9.17) is 9.47 Å². The first kappa shape index (κ1) is 18.7. The van der Waals surface area contributed by atoms with E-state index < -0.39 is 12.8 Å². The summed E-state index contributed by atoms with van der Waals surface area (Å²) in [6.45, 7) is -0.412. The second-order valence-corrected chi connectivity index (χ2v) is 6.87. The van der Waals surface area contributed by atoms with E-state index in [0.29, 0.717) is 42.6 Å². The van der Waals surface area contributed by atoms with Crippen LogP contribution in [0.2, 0.25) is 0 Å². The molecule has 2 heterocycles. The molecule has 0 spiro atoms. The van der Waals surface area contributed by atoms with Crippen LogP contribution in [-0.2, 0) is 4.74 Å². The average molecular weight is 391 g/mol. The number of para-hydroxylation sites is 1. The first-order valence-electron chi connectivity index (χ1n) is 9.18. The maximum atomic E-state index is 12.8. The van der Waals surface area contributed by atoms with Crippen LogP contribution in [0.4, 0.5) is 24.7 Å². The number of nitrogens with one attached hydrogen (secondary N) is 1. The van der Waals surface area contributed by atoms with Crippen LogP contribution in [0.5, 0.6) is 5.75 Å². The zero-order chi connectivity index (χ0) is 19.6. The van der Waals surface area contributed by atoms with Crippen LogP contribution >= 0.6 is 0 Å². The van der Waals surface area contributed by atoms with Crippen LogP contribution in [0.1, 0.15) is 36.4 Å². The lowest BCUT2D eigenvalue weighted by atomic mass is 9.99. The SMILES string of the molecule is FC(F)(F)COc1c(Nc2cnc(C3CC3)cn2)cccc1C1=CCOCC1. The van der Waals surface area contributed by atoms with Crippen molar-refractivity contribution in [2.45, 2.75) is 31.4 Å². The Morgan fingerprint density at radius 1 is 1.18 bits per heavy atom. The normalized spacial score (nSPS) is 17.2. The maximum absolute atomic E-state index is 12.8. The number of alkyl halides is 3. The molecule has 0 saturated heterocycles. The summed E-state index contributed by atoms with van der Waals surface area (Å²) in [4.78, 5) is 8.73. The largest absolute Gasteiger partial charge is 0.481 e. The summed E-state index contributed by atoms with van der Waals surface area (Å²) < 4.78 is 48.9. The third kappa shape index (κ3) is 4.62. The lowest BCUT2D eigenvalue weighted by molar-refractivity contribution is -0.153. The van der Waals surface area contributed by atoms with E-state index in [0.717, 1.165) is 24.1 Å². The number of hydrogen-bond donors (Lipinski definition) is 1. The molecule has 0 amide bonds. The summed E-state index contributed by atoms with van der Waals surface area (Å²) in [7, 11) is 0. The number of benzene rings is 1. The Morgan fingerprint density at radius 3 is 2.68 bits per heavy atom. The van der Waals surface area contributed by atoms with Crippen LogP contribution < -0.4 is 10.1 Å². The molecule has 2 aliphatic rings. The summed E-state index contributed by atoms with van der Waals surface area (Å²) in [5.74, 6) is 1.09. The highest BCUT2D eigenvalue weighted by atomic mass is 19.4. The Hall–Kier alpha value is -2.61. The molecule has 0 bridgehead atoms. The molecule has 1 fully saturated rings. The third-order valence-corrected chi connectivity index (χ3v) is 4.63. The number of hydrogen-bond acceptors (Lipinski definition) is 5. The molecule has 5 nitrogen and oxygen atoms in total. The molecular formula is C20H20F3N3O2. The van der Waals surface area contributed by atoms with E-state index >= 15 is 0 Å². The quantitative estimate of drug-likeness (QED) is 0.764. The Kier molecular flexibility index (Phi) is 5.21. The van der Waals surface area contributed by atoms with Crippen molar-refractivity contribution in [2.24, 2.45) is 0 Å². The van der Waals surface area contributed by atoms with E-state index in [1.54, 1.807) is 30.6 Å². The van der Waals surface area contributed by atoms with Gasteiger partial charge in [-0.05, 0) is 30.9 Å². The van der Waals surface area contributed by atoms with Gasteiger partial charge in [-0.15, -0.1) is 0 Å². The van der Waals surface area contributed by atoms with Crippen molar-refractivity contribution in [3.05, 3.63) is 47.9 Å². The molecular weight excluding hydrogens is 371 g/mol. The fourth-order valence-electron chi connectivity index (χ4n) is 3.10. The van der Waals surface area contributed by atoms with Crippen molar-refractivity contribution in [3.8, 4) is 5.75 Å². The predicted octanol–water partition coefficient (Wildman–Crippen LogP) is 4.84. The van der Waals surface area contributed by atoms with Gasteiger partial charge in [-0.3, -0.25) is 4.98 Å². The molecule has 1 aromatic heterocycles. The summed E-state index contributed by atoms with van der Waals surface area (Å²) in [5, 5.41) is 3.05. The van der Waals surface area contributed by atoms with E-state index in [1.165, 1.54) is 0 Å². The fraction of sp³-hybridized carbons (Fsp3) is 0.400. The molecule has 28 heavy (non-hydrogen) atoms. The third-order valence-electron chi connectivity index (χ3n) is 4.63. The van der Waals surface area contributed by atoms with Crippen molar-refractivity contribution in [1.82, 2.24) is 9.97 Å². The van der Waals surface area contributed by atoms with Gasteiger partial charge >= 0.3 is 6.18 Å². The first-order chi connectivity index (χ1) is 13.5. The summed E-state index contributed by atoms with van der Waals surface area (Å²) >= 11 is 0. The van der Waals surface area contributed by atoms with Gasteiger partial charge in [0.05, 0.1) is 37.0 Å². The van der Waals surface area contributed by atoms with Crippen molar-refractivity contribution in [3.63, 3.8) is 0 Å². The van der Waals surface area contributed by atoms with Gasteiger partial charge in [0.1, 0.15) is 5.82 Å². The molecule has 1 saturated carbocycles. The smallest absolute Gasteiger partial charge is 0.422 e. The lowest BCUT2D eigenvalue weighted by Crippen LogP contribution is -2.20. The Labute approximate surface area is 160 Å². The predicted molar refractivity (Wildman–Crippen MR) is 98.7 cm³/mol. The van der Waals surface area contributed by atoms with Gasteiger partial charge in [0.15, 0.2) is 12.4 Å². The highest BCUT2D eigenvalue weighted by molar-refractivity contribution is 5.79. The Balaban J connectivity index is 1.63. The van der Waals surface area contributed by atoms with Gasteiger partial charge in [-0.2, -0.15) is 13.2 Å². The number of aromatic nitrogens is 2. The minimum atomic E-state index is -4.43. The molecule has 1 aliphatic heterocycles. The molecule has 0 unspecified atom stereocenters. The molecule has 1 aromatic carbocycles. The van der Waals surface area contributed by atoms with Gasteiger partial charge in [0.2, 0.25) is 0 Å². The van der Waals surface area contributed by atoms with Gasteiger partial charge in [-0.1, -0.05) is 18.2 Å². The van der Waals surface area contributed by atoms with Crippen LogP contribution in [0, 0.1) is 0 Å². The average Bonchev–Trinajstić information content (AvgIpc) is 3.53. The maximum Gasteiger partial charge on any atom is 0.422 e. The summed E-state index contributed by atoms with van der Waals surface area (Å²) in [6.07, 6.45) is 3.60. The lowest BCUT2D eigenvalue weighted by Gasteiger charge is -2.21. The Morgan fingerprint density at radius 2 is 2.04 bits per heavy atom. The minimum Gasteiger partial charge on any atom is -0.481 e. The van der Waals surface area contributed by atoms with E-state index in [9.17, 15) is 13.2 Å². The number of halogens is 3. The molecule has 2 aromatic rings. The monoisotopic (exact) mass is 391 g/mol. The zero-order valence-electron chi connectivity index (χ0n) is 15.1. The van der Waals surface area contributed by atoms with Crippen molar-refractivity contribution < 1.29 is 22.6 Å². The second-order valence-electron chi connectivity index (χ2n) is 6.87. The number of rotatable bonds is 6. The fourth-order valence-corrected chi connectivity index (χ4v) is 3.10.